The molecule has 118 valence electrons. The van der Waals surface area contributed by atoms with Crippen LogP contribution < -0.4 is 5.32 Å². The second kappa shape index (κ2) is 6.93. The molecule has 0 bridgehead atoms. The number of ketones is 1. The highest BCUT2D eigenvalue weighted by Gasteiger charge is 2.21. The monoisotopic (exact) mass is 309 g/mol. The van der Waals surface area contributed by atoms with E-state index in [0.717, 1.165) is 16.8 Å². The second-order valence-corrected chi connectivity index (χ2v) is 5.38. The molecular formula is C18H19N3O2. The molecule has 5 nitrogen and oxygen atoms in total. The number of rotatable bonds is 5. The molecule has 5 heteroatoms. The molecule has 0 spiro atoms. The first-order valence-electron chi connectivity index (χ1n) is 7.47. The average molecular weight is 309 g/mol. The van der Waals surface area contributed by atoms with Crippen molar-refractivity contribution >= 4 is 11.7 Å². The topological polar surface area (TPSA) is 85.8 Å². The van der Waals surface area contributed by atoms with Crippen molar-refractivity contribution in [2.45, 2.75) is 33.7 Å². The van der Waals surface area contributed by atoms with Gasteiger partial charge in [-0.15, -0.1) is 0 Å². The molecule has 1 heterocycles. The quantitative estimate of drug-likeness (QED) is 0.833. The van der Waals surface area contributed by atoms with Gasteiger partial charge in [-0.05, 0) is 43.5 Å². The molecule has 0 unspecified atom stereocenters. The molecule has 1 aromatic carbocycles. The Bertz CT molecular complexity index is 780. The summed E-state index contributed by atoms with van der Waals surface area (Å²) in [5.74, 6) is -0.274. The van der Waals surface area contributed by atoms with Gasteiger partial charge in [0.15, 0.2) is 5.78 Å². The number of aryl methyl sites for hydroxylation is 1. The maximum atomic E-state index is 12.4. The van der Waals surface area contributed by atoms with E-state index in [0.29, 0.717) is 29.8 Å². The summed E-state index contributed by atoms with van der Waals surface area (Å²) in [6.45, 7) is 5.59. The molecule has 0 aliphatic rings. The number of nitrogens with one attached hydrogen (secondary N) is 2. The highest BCUT2D eigenvalue weighted by Crippen LogP contribution is 2.20. The van der Waals surface area contributed by atoms with Crippen LogP contribution in [0.1, 0.15) is 57.1 Å². The number of Topliss-reactive ketones (excluding diaryl/α,β-unsaturated/α-hetero) is 1. The largest absolute Gasteiger partial charge is 0.354 e. The molecule has 0 fully saturated rings. The van der Waals surface area contributed by atoms with E-state index >= 15 is 0 Å². The standard InChI is InChI=1S/C18H19N3O2/c1-4-15-16(12(3)22)11(2)21-17(15)18(23)20-10-14-7-5-13(9-19)6-8-14/h5-8,21H,4,10H2,1-3H3,(H,20,23). The fourth-order valence-electron chi connectivity index (χ4n) is 2.67. The predicted octanol–water partition coefficient (Wildman–Crippen LogP) is 2.89. The lowest BCUT2D eigenvalue weighted by Gasteiger charge is -2.06. The molecule has 2 aromatic rings. The molecular weight excluding hydrogens is 290 g/mol. The first kappa shape index (κ1) is 16.5. The lowest BCUT2D eigenvalue weighted by molar-refractivity contribution is 0.0945. The van der Waals surface area contributed by atoms with Crippen molar-refractivity contribution in [1.82, 2.24) is 10.3 Å². The minimum Gasteiger partial charge on any atom is -0.354 e. The number of amides is 1. The Morgan fingerprint density at radius 1 is 1.26 bits per heavy atom. The summed E-state index contributed by atoms with van der Waals surface area (Å²) in [6.07, 6.45) is 0.610. The fraction of sp³-hybridized carbons (Fsp3) is 0.278. The van der Waals surface area contributed by atoms with Gasteiger partial charge in [-0.1, -0.05) is 19.1 Å². The van der Waals surface area contributed by atoms with Gasteiger partial charge < -0.3 is 10.3 Å². The van der Waals surface area contributed by atoms with E-state index in [9.17, 15) is 9.59 Å². The van der Waals surface area contributed by atoms with E-state index in [1.54, 1.807) is 31.2 Å². The van der Waals surface area contributed by atoms with Crippen LogP contribution in [0.2, 0.25) is 0 Å². The van der Waals surface area contributed by atoms with Crippen LogP contribution in [0.15, 0.2) is 24.3 Å². The van der Waals surface area contributed by atoms with E-state index in [-0.39, 0.29) is 11.7 Å². The van der Waals surface area contributed by atoms with E-state index < -0.39 is 0 Å². The Hall–Kier alpha value is -2.87. The highest BCUT2D eigenvalue weighted by molar-refractivity contribution is 6.02. The third-order valence-electron chi connectivity index (χ3n) is 3.76. The van der Waals surface area contributed by atoms with Crippen molar-refractivity contribution in [2.24, 2.45) is 0 Å². The molecule has 2 rings (SSSR count). The van der Waals surface area contributed by atoms with Crippen LogP contribution in [0.3, 0.4) is 0 Å². The van der Waals surface area contributed by atoms with Gasteiger partial charge in [0, 0.05) is 17.8 Å². The maximum Gasteiger partial charge on any atom is 0.268 e. The number of nitrogens with zero attached hydrogens (tertiary/aromatic N) is 1. The van der Waals surface area contributed by atoms with Crippen LogP contribution in [-0.4, -0.2) is 16.7 Å². The predicted molar refractivity (Wildman–Crippen MR) is 87.2 cm³/mol. The lowest BCUT2D eigenvalue weighted by Crippen LogP contribution is -2.24. The molecule has 0 saturated carbocycles. The zero-order valence-electron chi connectivity index (χ0n) is 13.5. The number of nitriles is 1. The minimum absolute atomic E-state index is 0.0401. The summed E-state index contributed by atoms with van der Waals surface area (Å²) in [4.78, 5) is 27.2. The number of benzene rings is 1. The van der Waals surface area contributed by atoms with Gasteiger partial charge >= 0.3 is 0 Å². The van der Waals surface area contributed by atoms with Gasteiger partial charge in [-0.2, -0.15) is 5.26 Å². The van der Waals surface area contributed by atoms with E-state index in [4.69, 9.17) is 5.26 Å². The van der Waals surface area contributed by atoms with E-state index in [2.05, 4.69) is 16.4 Å². The van der Waals surface area contributed by atoms with Crippen LogP contribution in [0.4, 0.5) is 0 Å². The molecule has 0 radical (unpaired) electrons. The molecule has 0 aliphatic carbocycles. The van der Waals surface area contributed by atoms with Crippen LogP contribution >= 0.6 is 0 Å². The highest BCUT2D eigenvalue weighted by atomic mass is 16.2. The number of aromatic nitrogens is 1. The van der Waals surface area contributed by atoms with Crippen LogP contribution in [0.25, 0.3) is 0 Å². The van der Waals surface area contributed by atoms with Gasteiger partial charge in [0.05, 0.1) is 11.6 Å². The number of carbonyl (C=O) groups excluding carboxylic acids is 2. The van der Waals surface area contributed by atoms with E-state index in [1.807, 2.05) is 6.92 Å². The molecule has 0 aliphatic heterocycles. The van der Waals surface area contributed by atoms with Crippen molar-refractivity contribution in [2.75, 3.05) is 0 Å². The van der Waals surface area contributed by atoms with Gasteiger partial charge in [-0.3, -0.25) is 9.59 Å². The maximum absolute atomic E-state index is 12.4. The Morgan fingerprint density at radius 3 is 2.43 bits per heavy atom. The number of aromatic amines is 1. The molecule has 2 N–H and O–H groups in total. The van der Waals surface area contributed by atoms with Crippen LogP contribution in [-0.2, 0) is 13.0 Å². The van der Waals surface area contributed by atoms with Gasteiger partial charge in [0.25, 0.3) is 5.91 Å². The zero-order chi connectivity index (χ0) is 17.0. The van der Waals surface area contributed by atoms with Crippen molar-refractivity contribution in [3.63, 3.8) is 0 Å². The third-order valence-corrected chi connectivity index (χ3v) is 3.76. The third kappa shape index (κ3) is 3.49. The Labute approximate surface area is 135 Å². The lowest BCUT2D eigenvalue weighted by atomic mass is 10.0. The van der Waals surface area contributed by atoms with Gasteiger partial charge in [0.2, 0.25) is 0 Å². The van der Waals surface area contributed by atoms with Crippen LogP contribution in [0, 0.1) is 18.3 Å². The average Bonchev–Trinajstić information content (AvgIpc) is 2.89. The van der Waals surface area contributed by atoms with Crippen molar-refractivity contribution in [1.29, 1.82) is 5.26 Å². The Kier molecular flexibility index (Phi) is 4.97. The number of hydrogen-bond donors (Lipinski definition) is 2. The second-order valence-electron chi connectivity index (χ2n) is 5.38. The smallest absolute Gasteiger partial charge is 0.268 e. The van der Waals surface area contributed by atoms with Crippen molar-refractivity contribution in [3.8, 4) is 6.07 Å². The van der Waals surface area contributed by atoms with E-state index in [1.165, 1.54) is 6.92 Å². The van der Waals surface area contributed by atoms with Crippen LogP contribution in [0.5, 0.6) is 0 Å². The zero-order valence-corrected chi connectivity index (χ0v) is 13.5. The molecule has 1 amide bonds. The summed E-state index contributed by atoms with van der Waals surface area (Å²) in [5.41, 5.74) is 4.02. The summed E-state index contributed by atoms with van der Waals surface area (Å²) in [6, 6.07) is 9.10. The SMILES string of the molecule is CCc1c(C(=O)NCc2ccc(C#N)cc2)[nH]c(C)c1C(C)=O. The Balaban J connectivity index is 2.16. The number of H-pyrrole nitrogens is 1. The van der Waals surface area contributed by atoms with Gasteiger partial charge in [-0.25, -0.2) is 0 Å². The molecule has 23 heavy (non-hydrogen) atoms. The fourth-order valence-corrected chi connectivity index (χ4v) is 2.67. The van der Waals surface area contributed by atoms with Crippen molar-refractivity contribution in [3.05, 3.63) is 57.9 Å². The summed E-state index contributed by atoms with van der Waals surface area (Å²) < 4.78 is 0. The Morgan fingerprint density at radius 2 is 1.91 bits per heavy atom. The molecule has 0 atom stereocenters. The number of hydrogen-bond acceptors (Lipinski definition) is 3. The summed E-state index contributed by atoms with van der Waals surface area (Å²) in [7, 11) is 0. The summed E-state index contributed by atoms with van der Waals surface area (Å²) >= 11 is 0. The minimum atomic E-state index is -0.234. The first-order chi connectivity index (χ1) is 11.0. The molecule has 1 aromatic heterocycles. The normalized spacial score (nSPS) is 10.2. The van der Waals surface area contributed by atoms with Gasteiger partial charge in [0.1, 0.15) is 5.69 Å². The first-order valence-corrected chi connectivity index (χ1v) is 7.47. The molecule has 0 saturated heterocycles. The van der Waals surface area contributed by atoms with Crippen molar-refractivity contribution < 1.29 is 9.59 Å². The summed E-state index contributed by atoms with van der Waals surface area (Å²) in [5, 5.41) is 11.6. The number of carbonyl (C=O) groups is 2.